The summed E-state index contributed by atoms with van der Waals surface area (Å²) < 4.78 is 0. The van der Waals surface area contributed by atoms with Crippen molar-refractivity contribution in [2.45, 2.75) is 11.8 Å². The lowest BCUT2D eigenvalue weighted by atomic mass is 10.4. The standard InChI is InChI=1S/C11H16N2OS/c1-2-12-8-9-13-11(14)15-10-6-4-3-5-7-10/h3-7,12H,2,8-9H2,1H3,(H,13,14). The minimum absolute atomic E-state index is 0.000830. The Bertz CT molecular complexity index is 290. The Kier molecular flexibility index (Phi) is 5.88. The van der Waals surface area contributed by atoms with Crippen LogP contribution in [0.2, 0.25) is 0 Å². The van der Waals surface area contributed by atoms with E-state index < -0.39 is 0 Å². The van der Waals surface area contributed by atoms with Crippen molar-refractivity contribution in [2.75, 3.05) is 19.6 Å². The van der Waals surface area contributed by atoms with E-state index in [1.165, 1.54) is 11.8 Å². The quantitative estimate of drug-likeness (QED) is 0.594. The molecule has 0 heterocycles. The Balaban J connectivity index is 2.19. The highest BCUT2D eigenvalue weighted by molar-refractivity contribution is 8.13. The van der Waals surface area contributed by atoms with Crippen molar-refractivity contribution in [2.24, 2.45) is 0 Å². The molecule has 1 rings (SSSR count). The molecule has 3 nitrogen and oxygen atoms in total. The first-order valence-corrected chi connectivity index (χ1v) is 5.86. The molecule has 0 fully saturated rings. The lowest BCUT2D eigenvalue weighted by Gasteiger charge is -2.04. The van der Waals surface area contributed by atoms with Gasteiger partial charge in [0.05, 0.1) is 0 Å². The molecule has 0 saturated carbocycles. The van der Waals surface area contributed by atoms with Gasteiger partial charge in [0.15, 0.2) is 0 Å². The molecule has 0 aliphatic carbocycles. The van der Waals surface area contributed by atoms with Gasteiger partial charge in [-0.1, -0.05) is 25.1 Å². The SMILES string of the molecule is CCNCCNC(=O)Sc1ccccc1. The summed E-state index contributed by atoms with van der Waals surface area (Å²) in [4.78, 5) is 12.4. The van der Waals surface area contributed by atoms with E-state index in [1.54, 1.807) is 0 Å². The first-order valence-electron chi connectivity index (χ1n) is 5.04. The lowest BCUT2D eigenvalue weighted by Crippen LogP contribution is -2.29. The molecule has 0 radical (unpaired) electrons. The fourth-order valence-electron chi connectivity index (χ4n) is 1.06. The number of hydrogen-bond donors (Lipinski definition) is 2. The highest BCUT2D eigenvalue weighted by atomic mass is 32.2. The number of likely N-dealkylation sites (N-methyl/N-ethyl adjacent to an activating group) is 1. The van der Waals surface area contributed by atoms with Crippen molar-refractivity contribution in [3.05, 3.63) is 30.3 Å². The van der Waals surface area contributed by atoms with Crippen LogP contribution in [0.1, 0.15) is 6.92 Å². The van der Waals surface area contributed by atoms with Crippen molar-refractivity contribution in [3.8, 4) is 0 Å². The minimum Gasteiger partial charge on any atom is -0.345 e. The van der Waals surface area contributed by atoms with E-state index in [9.17, 15) is 4.79 Å². The van der Waals surface area contributed by atoms with Gasteiger partial charge in [0, 0.05) is 18.0 Å². The van der Waals surface area contributed by atoms with E-state index in [0.29, 0.717) is 6.54 Å². The maximum Gasteiger partial charge on any atom is 0.283 e. The topological polar surface area (TPSA) is 41.1 Å². The van der Waals surface area contributed by atoms with Crippen molar-refractivity contribution in [1.29, 1.82) is 0 Å². The van der Waals surface area contributed by atoms with E-state index in [-0.39, 0.29) is 5.24 Å². The average molecular weight is 224 g/mol. The minimum atomic E-state index is -0.000830. The summed E-state index contributed by atoms with van der Waals surface area (Å²) in [5, 5.41) is 5.97. The summed E-state index contributed by atoms with van der Waals surface area (Å²) >= 11 is 1.22. The van der Waals surface area contributed by atoms with Crippen molar-refractivity contribution in [1.82, 2.24) is 10.6 Å². The molecule has 0 bridgehead atoms. The summed E-state index contributed by atoms with van der Waals surface area (Å²) in [5.74, 6) is 0. The Morgan fingerprint density at radius 2 is 2.00 bits per heavy atom. The van der Waals surface area contributed by atoms with Crippen molar-refractivity contribution in [3.63, 3.8) is 0 Å². The van der Waals surface area contributed by atoms with Crippen LogP contribution < -0.4 is 10.6 Å². The number of amides is 1. The van der Waals surface area contributed by atoms with Gasteiger partial charge in [0.2, 0.25) is 0 Å². The van der Waals surface area contributed by atoms with Gasteiger partial charge in [0.1, 0.15) is 0 Å². The van der Waals surface area contributed by atoms with Crippen LogP contribution in [-0.2, 0) is 0 Å². The molecule has 1 aromatic carbocycles. The molecule has 0 aliphatic heterocycles. The number of carbonyl (C=O) groups excluding carboxylic acids is 1. The van der Waals surface area contributed by atoms with Gasteiger partial charge >= 0.3 is 0 Å². The zero-order valence-electron chi connectivity index (χ0n) is 8.82. The van der Waals surface area contributed by atoms with Crippen molar-refractivity contribution < 1.29 is 4.79 Å². The molecular formula is C11H16N2OS. The van der Waals surface area contributed by atoms with Crippen LogP contribution in [0, 0.1) is 0 Å². The summed E-state index contributed by atoms with van der Waals surface area (Å²) in [7, 11) is 0. The van der Waals surface area contributed by atoms with E-state index >= 15 is 0 Å². The van der Waals surface area contributed by atoms with E-state index in [1.807, 2.05) is 37.3 Å². The van der Waals surface area contributed by atoms with Crippen LogP contribution in [0.4, 0.5) is 4.79 Å². The molecule has 0 atom stereocenters. The molecule has 0 unspecified atom stereocenters. The molecule has 82 valence electrons. The number of benzene rings is 1. The predicted octanol–water partition coefficient (Wildman–Crippen LogP) is 2.10. The van der Waals surface area contributed by atoms with Gasteiger partial charge < -0.3 is 10.6 Å². The van der Waals surface area contributed by atoms with Gasteiger partial charge in [-0.15, -0.1) is 0 Å². The number of nitrogens with one attached hydrogen (secondary N) is 2. The monoisotopic (exact) mass is 224 g/mol. The predicted molar refractivity (Wildman–Crippen MR) is 64.2 cm³/mol. The number of rotatable bonds is 5. The molecule has 2 N–H and O–H groups in total. The van der Waals surface area contributed by atoms with E-state index in [2.05, 4.69) is 10.6 Å². The third kappa shape index (κ3) is 5.44. The molecule has 15 heavy (non-hydrogen) atoms. The summed E-state index contributed by atoms with van der Waals surface area (Å²) in [6, 6.07) is 9.64. The lowest BCUT2D eigenvalue weighted by molar-refractivity contribution is 0.260. The first-order chi connectivity index (χ1) is 7.33. The largest absolute Gasteiger partial charge is 0.345 e. The van der Waals surface area contributed by atoms with Gasteiger partial charge in [-0.25, -0.2) is 0 Å². The zero-order chi connectivity index (χ0) is 10.9. The summed E-state index contributed by atoms with van der Waals surface area (Å²) in [5.41, 5.74) is 0. The van der Waals surface area contributed by atoms with Crippen LogP contribution in [0.5, 0.6) is 0 Å². The molecule has 0 saturated heterocycles. The highest BCUT2D eigenvalue weighted by Crippen LogP contribution is 2.16. The normalized spacial score (nSPS) is 9.93. The van der Waals surface area contributed by atoms with Crippen molar-refractivity contribution >= 4 is 17.0 Å². The van der Waals surface area contributed by atoms with Crippen LogP contribution in [0.15, 0.2) is 35.2 Å². The number of carbonyl (C=O) groups is 1. The molecule has 0 spiro atoms. The van der Waals surface area contributed by atoms with E-state index in [0.717, 1.165) is 18.0 Å². The van der Waals surface area contributed by atoms with E-state index in [4.69, 9.17) is 0 Å². The molecule has 0 aliphatic rings. The smallest absolute Gasteiger partial charge is 0.283 e. The average Bonchev–Trinajstić information content (AvgIpc) is 2.26. The second-order valence-corrected chi connectivity index (χ2v) is 4.03. The van der Waals surface area contributed by atoms with Crippen LogP contribution in [0.3, 0.4) is 0 Å². The van der Waals surface area contributed by atoms with Gasteiger partial charge in [0.25, 0.3) is 5.24 Å². The Labute approximate surface area is 94.6 Å². The number of hydrogen-bond acceptors (Lipinski definition) is 3. The second kappa shape index (κ2) is 7.31. The van der Waals surface area contributed by atoms with Crippen LogP contribution >= 0.6 is 11.8 Å². The third-order valence-electron chi connectivity index (χ3n) is 1.77. The molecule has 4 heteroatoms. The highest BCUT2D eigenvalue weighted by Gasteiger charge is 2.01. The summed E-state index contributed by atoms with van der Waals surface area (Å²) in [6.07, 6.45) is 0. The van der Waals surface area contributed by atoms with Crippen LogP contribution in [0.25, 0.3) is 0 Å². The molecule has 1 aromatic rings. The third-order valence-corrected chi connectivity index (χ3v) is 2.61. The maximum atomic E-state index is 11.4. The fraction of sp³-hybridized carbons (Fsp3) is 0.364. The molecule has 0 aromatic heterocycles. The fourth-order valence-corrected chi connectivity index (χ4v) is 1.74. The zero-order valence-corrected chi connectivity index (χ0v) is 9.64. The maximum absolute atomic E-state index is 11.4. The molecule has 1 amide bonds. The number of thioether (sulfide) groups is 1. The van der Waals surface area contributed by atoms with Crippen LogP contribution in [-0.4, -0.2) is 24.9 Å². The van der Waals surface area contributed by atoms with Gasteiger partial charge in [-0.2, -0.15) is 0 Å². The summed E-state index contributed by atoms with van der Waals surface area (Å²) in [6.45, 7) is 4.46. The second-order valence-electron chi connectivity index (χ2n) is 2.98. The Morgan fingerprint density at radius 1 is 1.27 bits per heavy atom. The molecular weight excluding hydrogens is 208 g/mol. The Hall–Kier alpha value is -1.00. The van der Waals surface area contributed by atoms with Gasteiger partial charge in [-0.3, -0.25) is 4.79 Å². The van der Waals surface area contributed by atoms with Gasteiger partial charge in [-0.05, 0) is 30.4 Å². The first kappa shape index (κ1) is 12.1. The Morgan fingerprint density at radius 3 is 2.67 bits per heavy atom.